The summed E-state index contributed by atoms with van der Waals surface area (Å²) in [6, 6.07) is 1.97. The molecule has 0 aliphatic carbocycles. The zero-order chi connectivity index (χ0) is 9.19. The fourth-order valence-electron chi connectivity index (χ4n) is 0.954. The highest BCUT2D eigenvalue weighted by atomic mass is 14.9. The Bertz CT molecular complexity index is 261. The van der Waals surface area contributed by atoms with Crippen LogP contribution in [0.4, 0.5) is 0 Å². The maximum atomic E-state index is 4.45. The molecule has 0 bridgehead atoms. The van der Waals surface area contributed by atoms with E-state index in [0.29, 0.717) is 0 Å². The van der Waals surface area contributed by atoms with Crippen molar-refractivity contribution in [2.45, 2.75) is 39.5 Å². The van der Waals surface area contributed by atoms with E-state index in [0.717, 1.165) is 17.9 Å². The van der Waals surface area contributed by atoms with Crippen LogP contribution >= 0.6 is 0 Å². The van der Waals surface area contributed by atoms with Gasteiger partial charge in [0.1, 0.15) is 5.82 Å². The van der Waals surface area contributed by atoms with Crippen molar-refractivity contribution in [1.82, 2.24) is 9.97 Å². The molecule has 0 saturated carbocycles. The summed E-state index contributed by atoms with van der Waals surface area (Å²) in [4.78, 5) is 8.70. The monoisotopic (exact) mass is 164 g/mol. The molecule has 0 aliphatic heterocycles. The van der Waals surface area contributed by atoms with Crippen molar-refractivity contribution in [3.05, 3.63) is 23.8 Å². The molecule has 66 valence electrons. The van der Waals surface area contributed by atoms with Gasteiger partial charge in [-0.25, -0.2) is 9.97 Å². The minimum Gasteiger partial charge on any atom is -0.241 e. The average Bonchev–Trinajstić information content (AvgIpc) is 2.03. The fraction of sp³-hybridized carbons (Fsp3) is 0.600. The molecule has 0 aliphatic rings. The molecule has 0 N–H and O–H groups in total. The third kappa shape index (κ3) is 2.03. The van der Waals surface area contributed by atoms with Gasteiger partial charge in [0.2, 0.25) is 0 Å². The molecule has 0 atom stereocenters. The van der Waals surface area contributed by atoms with Crippen LogP contribution in [-0.4, -0.2) is 9.97 Å². The highest BCUT2D eigenvalue weighted by Crippen LogP contribution is 2.17. The Hall–Kier alpha value is -0.920. The summed E-state index contributed by atoms with van der Waals surface area (Å²) >= 11 is 0. The third-order valence-electron chi connectivity index (χ3n) is 1.75. The van der Waals surface area contributed by atoms with Gasteiger partial charge in [-0.1, -0.05) is 27.7 Å². The van der Waals surface area contributed by atoms with Crippen LogP contribution in [0, 0.1) is 0 Å². The molecule has 0 saturated heterocycles. The normalized spacial score (nSPS) is 11.7. The van der Waals surface area contributed by atoms with Crippen LogP contribution in [0.25, 0.3) is 0 Å². The third-order valence-corrected chi connectivity index (χ3v) is 1.75. The van der Waals surface area contributed by atoms with Gasteiger partial charge in [-0.3, -0.25) is 0 Å². The minimum absolute atomic E-state index is 0.0607. The van der Waals surface area contributed by atoms with E-state index in [2.05, 4.69) is 37.7 Å². The number of aryl methyl sites for hydroxylation is 1. The van der Waals surface area contributed by atoms with Crippen LogP contribution in [-0.2, 0) is 11.8 Å². The quantitative estimate of drug-likeness (QED) is 0.636. The van der Waals surface area contributed by atoms with Crippen molar-refractivity contribution in [3.8, 4) is 0 Å². The zero-order valence-electron chi connectivity index (χ0n) is 8.26. The minimum atomic E-state index is 0.0607. The van der Waals surface area contributed by atoms with E-state index in [1.165, 1.54) is 0 Å². The summed E-state index contributed by atoms with van der Waals surface area (Å²) in [6.45, 7) is 8.49. The summed E-state index contributed by atoms with van der Waals surface area (Å²) in [5, 5.41) is 0. The molecule has 0 fully saturated rings. The topological polar surface area (TPSA) is 25.8 Å². The van der Waals surface area contributed by atoms with E-state index < -0.39 is 0 Å². The van der Waals surface area contributed by atoms with E-state index in [-0.39, 0.29) is 5.41 Å². The van der Waals surface area contributed by atoms with E-state index in [1.54, 1.807) is 0 Å². The number of aromatic nitrogens is 2. The first-order valence-electron chi connectivity index (χ1n) is 4.36. The summed E-state index contributed by atoms with van der Waals surface area (Å²) in [5.41, 5.74) is 1.18. The molecule has 1 aromatic heterocycles. The lowest BCUT2D eigenvalue weighted by molar-refractivity contribution is 0.541. The Balaban J connectivity index is 3.02. The van der Waals surface area contributed by atoms with Crippen molar-refractivity contribution < 1.29 is 0 Å². The molecule has 2 heteroatoms. The van der Waals surface area contributed by atoms with Crippen LogP contribution in [0.1, 0.15) is 39.2 Å². The summed E-state index contributed by atoms with van der Waals surface area (Å²) in [7, 11) is 0. The smallest absolute Gasteiger partial charge is 0.133 e. The lowest BCUT2D eigenvalue weighted by atomic mass is 9.95. The van der Waals surface area contributed by atoms with Gasteiger partial charge in [-0.05, 0) is 12.5 Å². The van der Waals surface area contributed by atoms with E-state index in [4.69, 9.17) is 0 Å². The van der Waals surface area contributed by atoms with Crippen LogP contribution in [0.2, 0.25) is 0 Å². The maximum absolute atomic E-state index is 4.45. The SMILES string of the molecule is CCc1ccnc(C(C)(C)C)n1. The molecule has 1 rings (SSSR count). The second-order valence-corrected chi connectivity index (χ2v) is 3.98. The molecule has 0 amide bonds. The maximum Gasteiger partial charge on any atom is 0.133 e. The van der Waals surface area contributed by atoms with Gasteiger partial charge in [-0.2, -0.15) is 0 Å². The second kappa shape index (κ2) is 3.21. The van der Waals surface area contributed by atoms with Crippen molar-refractivity contribution in [2.24, 2.45) is 0 Å². The largest absolute Gasteiger partial charge is 0.241 e. The zero-order valence-corrected chi connectivity index (χ0v) is 8.26. The van der Waals surface area contributed by atoms with E-state index in [9.17, 15) is 0 Å². The fourth-order valence-corrected chi connectivity index (χ4v) is 0.954. The second-order valence-electron chi connectivity index (χ2n) is 3.98. The lowest BCUT2D eigenvalue weighted by Gasteiger charge is -2.16. The lowest BCUT2D eigenvalue weighted by Crippen LogP contribution is -2.16. The Morgan fingerprint density at radius 1 is 1.33 bits per heavy atom. The van der Waals surface area contributed by atoms with Crippen molar-refractivity contribution >= 4 is 0 Å². The molecule has 0 aromatic carbocycles. The Labute approximate surface area is 74.1 Å². The molecule has 2 nitrogen and oxygen atoms in total. The number of rotatable bonds is 1. The van der Waals surface area contributed by atoms with Gasteiger partial charge in [0.25, 0.3) is 0 Å². The first-order valence-corrected chi connectivity index (χ1v) is 4.36. The van der Waals surface area contributed by atoms with E-state index in [1.807, 2.05) is 12.3 Å². The molecular formula is C10H16N2. The van der Waals surface area contributed by atoms with Gasteiger partial charge < -0.3 is 0 Å². The van der Waals surface area contributed by atoms with Gasteiger partial charge >= 0.3 is 0 Å². The summed E-state index contributed by atoms with van der Waals surface area (Å²) < 4.78 is 0. The average molecular weight is 164 g/mol. The Kier molecular flexibility index (Phi) is 2.46. The van der Waals surface area contributed by atoms with Crippen molar-refractivity contribution in [1.29, 1.82) is 0 Å². The molecule has 1 heterocycles. The standard InChI is InChI=1S/C10H16N2/c1-5-8-6-7-11-9(12-8)10(2,3)4/h6-7H,5H2,1-4H3. The van der Waals surface area contributed by atoms with Crippen molar-refractivity contribution in [2.75, 3.05) is 0 Å². The van der Waals surface area contributed by atoms with Gasteiger partial charge in [-0.15, -0.1) is 0 Å². The van der Waals surface area contributed by atoms with Gasteiger partial charge in [0.15, 0.2) is 0 Å². The molecule has 0 spiro atoms. The Morgan fingerprint density at radius 2 is 2.00 bits per heavy atom. The van der Waals surface area contributed by atoms with Crippen LogP contribution in [0.5, 0.6) is 0 Å². The van der Waals surface area contributed by atoms with Crippen molar-refractivity contribution in [3.63, 3.8) is 0 Å². The number of hydrogen-bond acceptors (Lipinski definition) is 2. The molecular weight excluding hydrogens is 148 g/mol. The van der Waals surface area contributed by atoms with Crippen LogP contribution in [0.15, 0.2) is 12.3 Å². The first kappa shape index (κ1) is 9.17. The molecule has 0 unspecified atom stereocenters. The molecule has 1 aromatic rings. The van der Waals surface area contributed by atoms with Crippen LogP contribution < -0.4 is 0 Å². The van der Waals surface area contributed by atoms with E-state index >= 15 is 0 Å². The van der Waals surface area contributed by atoms with Gasteiger partial charge in [0.05, 0.1) is 0 Å². The number of nitrogens with zero attached hydrogens (tertiary/aromatic N) is 2. The Morgan fingerprint density at radius 3 is 2.50 bits per heavy atom. The summed E-state index contributed by atoms with van der Waals surface area (Å²) in [5.74, 6) is 0.932. The molecule has 12 heavy (non-hydrogen) atoms. The number of hydrogen-bond donors (Lipinski definition) is 0. The first-order chi connectivity index (χ1) is 5.54. The predicted molar refractivity (Wildman–Crippen MR) is 50.1 cm³/mol. The highest BCUT2D eigenvalue weighted by Gasteiger charge is 2.16. The highest BCUT2D eigenvalue weighted by molar-refractivity contribution is 5.07. The molecule has 0 radical (unpaired) electrons. The van der Waals surface area contributed by atoms with Crippen LogP contribution in [0.3, 0.4) is 0 Å². The summed E-state index contributed by atoms with van der Waals surface area (Å²) in [6.07, 6.45) is 2.82. The van der Waals surface area contributed by atoms with Gasteiger partial charge in [0, 0.05) is 17.3 Å². The predicted octanol–water partition coefficient (Wildman–Crippen LogP) is 2.34.